The van der Waals surface area contributed by atoms with Crippen LogP contribution in [0.2, 0.25) is 0 Å². The second-order valence-electron chi connectivity index (χ2n) is 5.46. The molecule has 1 aromatic carbocycles. The Morgan fingerprint density at radius 2 is 1.84 bits per heavy atom. The third kappa shape index (κ3) is 10.8. The van der Waals surface area contributed by atoms with Crippen LogP contribution in [0.3, 0.4) is 0 Å². The normalized spacial score (nSPS) is 12.2. The highest BCUT2D eigenvalue weighted by Crippen LogP contribution is 1.98. The first-order chi connectivity index (χ1) is 12.1. The summed E-state index contributed by atoms with van der Waals surface area (Å²) in [5.41, 5.74) is 0.934. The number of guanidine groups is 1. The molecule has 0 bridgehead atoms. The minimum absolute atomic E-state index is 0.00905. The third-order valence-electron chi connectivity index (χ3n) is 3.44. The number of unbranched alkanes of at least 4 members (excludes halogenated alkanes) is 1. The van der Waals surface area contributed by atoms with Gasteiger partial charge in [-0.25, -0.2) is 13.1 Å². The lowest BCUT2D eigenvalue weighted by molar-refractivity contribution is 0.143. The summed E-state index contributed by atoms with van der Waals surface area (Å²) in [6, 6.07) is 9.44. The molecular formula is C17H30N4O3S. The van der Waals surface area contributed by atoms with Gasteiger partial charge in [0.2, 0.25) is 10.0 Å². The van der Waals surface area contributed by atoms with Gasteiger partial charge in [-0.3, -0.25) is 4.99 Å². The van der Waals surface area contributed by atoms with Crippen LogP contribution in [0.1, 0.15) is 25.3 Å². The number of rotatable bonds is 12. The first kappa shape index (κ1) is 21.4. The van der Waals surface area contributed by atoms with Gasteiger partial charge in [-0.2, -0.15) is 0 Å². The van der Waals surface area contributed by atoms with Crippen LogP contribution < -0.4 is 15.4 Å². The molecule has 0 amide bonds. The molecule has 25 heavy (non-hydrogen) atoms. The van der Waals surface area contributed by atoms with Crippen LogP contribution in [0, 0.1) is 0 Å². The molecule has 0 unspecified atom stereocenters. The van der Waals surface area contributed by atoms with Gasteiger partial charge in [0.25, 0.3) is 0 Å². The van der Waals surface area contributed by atoms with E-state index in [1.165, 1.54) is 0 Å². The Bertz CT molecular complexity index is 591. The molecule has 0 saturated carbocycles. The molecule has 0 atom stereocenters. The topological polar surface area (TPSA) is 91.8 Å². The molecule has 0 fully saturated rings. The Labute approximate surface area is 151 Å². The monoisotopic (exact) mass is 370 g/mol. The molecule has 8 heteroatoms. The Kier molecular flexibility index (Phi) is 10.9. The minimum Gasteiger partial charge on any atom is -0.382 e. The zero-order valence-electron chi connectivity index (χ0n) is 15.1. The first-order valence-electron chi connectivity index (χ1n) is 8.61. The van der Waals surface area contributed by atoms with E-state index in [1.807, 2.05) is 37.3 Å². The SMILES string of the molecule is CCOCCCCNC(=NC)NCCS(=O)(=O)NCc1ccccc1. The molecule has 0 aromatic heterocycles. The summed E-state index contributed by atoms with van der Waals surface area (Å²) in [7, 11) is -1.67. The second kappa shape index (κ2) is 12.7. The molecule has 0 radical (unpaired) electrons. The van der Waals surface area contributed by atoms with Crippen molar-refractivity contribution in [2.75, 3.05) is 39.1 Å². The van der Waals surface area contributed by atoms with Crippen molar-refractivity contribution < 1.29 is 13.2 Å². The van der Waals surface area contributed by atoms with Crippen LogP contribution in [0.5, 0.6) is 0 Å². The van der Waals surface area contributed by atoms with E-state index in [2.05, 4.69) is 20.3 Å². The van der Waals surface area contributed by atoms with Crippen molar-refractivity contribution in [1.82, 2.24) is 15.4 Å². The second-order valence-corrected chi connectivity index (χ2v) is 7.38. The van der Waals surface area contributed by atoms with E-state index in [9.17, 15) is 8.42 Å². The molecule has 0 aliphatic rings. The van der Waals surface area contributed by atoms with Gasteiger partial charge in [-0.1, -0.05) is 30.3 Å². The number of benzene rings is 1. The number of hydrogen-bond acceptors (Lipinski definition) is 4. The summed E-state index contributed by atoms with van der Waals surface area (Å²) in [5, 5.41) is 6.17. The van der Waals surface area contributed by atoms with Crippen molar-refractivity contribution in [3.05, 3.63) is 35.9 Å². The lowest BCUT2D eigenvalue weighted by Crippen LogP contribution is -2.41. The van der Waals surface area contributed by atoms with E-state index in [0.29, 0.717) is 19.0 Å². The third-order valence-corrected chi connectivity index (χ3v) is 4.76. The number of nitrogens with one attached hydrogen (secondary N) is 3. The average molecular weight is 371 g/mol. The first-order valence-corrected chi connectivity index (χ1v) is 10.3. The van der Waals surface area contributed by atoms with Crippen LogP contribution in [0.15, 0.2) is 35.3 Å². The Morgan fingerprint density at radius 1 is 1.12 bits per heavy atom. The zero-order chi connectivity index (χ0) is 18.4. The molecule has 7 nitrogen and oxygen atoms in total. The van der Waals surface area contributed by atoms with Gasteiger partial charge in [0, 0.05) is 39.9 Å². The minimum atomic E-state index is -3.33. The molecule has 0 saturated heterocycles. The summed E-state index contributed by atoms with van der Waals surface area (Å²) in [4.78, 5) is 4.08. The summed E-state index contributed by atoms with van der Waals surface area (Å²) < 4.78 is 31.9. The summed E-state index contributed by atoms with van der Waals surface area (Å²) in [6.45, 7) is 4.84. The lowest BCUT2D eigenvalue weighted by atomic mass is 10.2. The maximum atomic E-state index is 12.0. The standard InChI is InChI=1S/C17H30N4O3S/c1-3-24-13-8-7-11-19-17(18-2)20-12-14-25(22,23)21-15-16-9-5-4-6-10-16/h4-6,9-10,21H,3,7-8,11-15H2,1-2H3,(H2,18,19,20). The Hall–Kier alpha value is -1.64. The maximum Gasteiger partial charge on any atom is 0.213 e. The van der Waals surface area contributed by atoms with E-state index < -0.39 is 10.0 Å². The van der Waals surface area contributed by atoms with E-state index in [1.54, 1.807) is 7.05 Å². The highest BCUT2D eigenvalue weighted by Gasteiger charge is 2.10. The number of sulfonamides is 1. The van der Waals surface area contributed by atoms with Crippen LogP contribution in [-0.2, 0) is 21.3 Å². The highest BCUT2D eigenvalue weighted by molar-refractivity contribution is 7.89. The van der Waals surface area contributed by atoms with Crippen molar-refractivity contribution in [3.8, 4) is 0 Å². The fraction of sp³-hybridized carbons (Fsp3) is 0.588. The van der Waals surface area contributed by atoms with E-state index >= 15 is 0 Å². The van der Waals surface area contributed by atoms with Crippen LogP contribution in [0.4, 0.5) is 0 Å². The predicted molar refractivity (Wildman–Crippen MR) is 102 cm³/mol. The van der Waals surface area contributed by atoms with Gasteiger partial charge >= 0.3 is 0 Å². The molecule has 0 heterocycles. The molecule has 1 aromatic rings. The molecule has 0 spiro atoms. The van der Waals surface area contributed by atoms with Crippen molar-refractivity contribution >= 4 is 16.0 Å². The van der Waals surface area contributed by atoms with Crippen molar-refractivity contribution in [1.29, 1.82) is 0 Å². The highest BCUT2D eigenvalue weighted by atomic mass is 32.2. The zero-order valence-corrected chi connectivity index (χ0v) is 15.9. The molecule has 1 rings (SSSR count). The molecule has 142 valence electrons. The molecule has 0 aliphatic heterocycles. The maximum absolute atomic E-state index is 12.0. The van der Waals surface area contributed by atoms with Crippen molar-refractivity contribution in [2.45, 2.75) is 26.3 Å². The fourth-order valence-electron chi connectivity index (χ4n) is 2.07. The van der Waals surface area contributed by atoms with Gasteiger partial charge < -0.3 is 15.4 Å². The number of ether oxygens (including phenoxy) is 1. The van der Waals surface area contributed by atoms with Gasteiger partial charge in [0.15, 0.2) is 5.96 Å². The number of aliphatic imine (C=N–C) groups is 1. The smallest absolute Gasteiger partial charge is 0.213 e. The number of hydrogen-bond donors (Lipinski definition) is 3. The molecule has 3 N–H and O–H groups in total. The average Bonchev–Trinajstić information content (AvgIpc) is 2.62. The summed E-state index contributed by atoms with van der Waals surface area (Å²) in [6.07, 6.45) is 1.95. The molecule has 0 aliphatic carbocycles. The van der Waals surface area contributed by atoms with Crippen LogP contribution in [-0.4, -0.2) is 53.5 Å². The van der Waals surface area contributed by atoms with E-state index in [4.69, 9.17) is 4.74 Å². The van der Waals surface area contributed by atoms with Crippen molar-refractivity contribution in [3.63, 3.8) is 0 Å². The van der Waals surface area contributed by atoms with E-state index in [-0.39, 0.29) is 5.75 Å². The summed E-state index contributed by atoms with van der Waals surface area (Å²) >= 11 is 0. The van der Waals surface area contributed by atoms with Crippen LogP contribution in [0.25, 0.3) is 0 Å². The predicted octanol–water partition coefficient (Wildman–Crippen LogP) is 1.09. The van der Waals surface area contributed by atoms with E-state index in [0.717, 1.165) is 38.2 Å². The largest absolute Gasteiger partial charge is 0.382 e. The Balaban J connectivity index is 2.20. The Morgan fingerprint density at radius 3 is 2.52 bits per heavy atom. The summed E-state index contributed by atoms with van der Waals surface area (Å²) in [5.74, 6) is 0.597. The van der Waals surface area contributed by atoms with Gasteiger partial charge in [0.1, 0.15) is 0 Å². The van der Waals surface area contributed by atoms with Gasteiger partial charge in [-0.05, 0) is 25.3 Å². The van der Waals surface area contributed by atoms with Gasteiger partial charge in [0.05, 0.1) is 5.75 Å². The quantitative estimate of drug-likeness (QED) is 0.291. The molecular weight excluding hydrogens is 340 g/mol. The van der Waals surface area contributed by atoms with Crippen molar-refractivity contribution in [2.24, 2.45) is 4.99 Å². The lowest BCUT2D eigenvalue weighted by Gasteiger charge is -2.12. The fourth-order valence-corrected chi connectivity index (χ4v) is 2.97. The van der Waals surface area contributed by atoms with Gasteiger partial charge in [-0.15, -0.1) is 0 Å². The number of nitrogens with zero attached hydrogens (tertiary/aromatic N) is 1. The van der Waals surface area contributed by atoms with Crippen LogP contribution >= 0.6 is 0 Å².